The Morgan fingerprint density at radius 1 is 0.971 bits per heavy atom. The molecule has 1 heterocycles. The van der Waals surface area contributed by atoms with Crippen LogP contribution in [-0.4, -0.2) is 30.9 Å². The van der Waals surface area contributed by atoms with Gasteiger partial charge in [-0.1, -0.05) is 35.5 Å². The summed E-state index contributed by atoms with van der Waals surface area (Å²) in [6, 6.07) is 11.3. The summed E-state index contributed by atoms with van der Waals surface area (Å²) in [5, 5.41) is 13.7. The summed E-state index contributed by atoms with van der Waals surface area (Å²) in [7, 11) is 2.70. The lowest BCUT2D eigenvalue weighted by Crippen LogP contribution is -2.39. The SMILES string of the molecule is Cc1ccc(NC(=O)CSC(=Nc2ccc(C)c(C)c2)c2c(O)n(C)c(=O)n(C)c2=O)c(C)c1. The molecule has 0 saturated heterocycles. The minimum Gasteiger partial charge on any atom is -0.494 e. The Hall–Kier alpha value is -3.59. The molecule has 0 aliphatic carbocycles. The number of amides is 1. The van der Waals surface area contributed by atoms with Crippen LogP contribution in [0.1, 0.15) is 27.8 Å². The highest BCUT2D eigenvalue weighted by Crippen LogP contribution is 2.25. The molecule has 178 valence electrons. The molecule has 3 rings (SSSR count). The molecule has 2 aromatic carbocycles. The molecular formula is C25H28N4O4S. The highest BCUT2D eigenvalue weighted by Gasteiger charge is 2.22. The quantitative estimate of drug-likeness (QED) is 0.430. The van der Waals surface area contributed by atoms with Gasteiger partial charge in [0.1, 0.15) is 10.6 Å². The van der Waals surface area contributed by atoms with E-state index in [9.17, 15) is 19.5 Å². The monoisotopic (exact) mass is 480 g/mol. The van der Waals surface area contributed by atoms with Crippen molar-refractivity contribution in [3.05, 3.63) is 85.1 Å². The molecule has 0 aliphatic heterocycles. The van der Waals surface area contributed by atoms with Crippen molar-refractivity contribution < 1.29 is 9.90 Å². The molecular weight excluding hydrogens is 452 g/mol. The van der Waals surface area contributed by atoms with Crippen LogP contribution in [0.15, 0.2) is 51.0 Å². The van der Waals surface area contributed by atoms with Gasteiger partial charge in [-0.25, -0.2) is 9.79 Å². The second kappa shape index (κ2) is 10.1. The number of benzene rings is 2. The Kier molecular flexibility index (Phi) is 7.46. The standard InChI is InChI=1S/C25H28N4O4S/c1-14-7-10-19(17(4)11-14)27-20(30)13-34-22(26-18-9-8-15(2)16(3)12-18)21-23(31)28(5)25(33)29(6)24(21)32/h7-12,31H,13H2,1-6H3,(H,27,30). The van der Waals surface area contributed by atoms with E-state index in [1.807, 2.05) is 58.0 Å². The Balaban J connectivity index is 2.00. The van der Waals surface area contributed by atoms with Gasteiger partial charge in [0.15, 0.2) is 0 Å². The summed E-state index contributed by atoms with van der Waals surface area (Å²) in [5.74, 6) is -0.841. The Morgan fingerprint density at radius 2 is 1.68 bits per heavy atom. The van der Waals surface area contributed by atoms with E-state index >= 15 is 0 Å². The molecule has 0 saturated carbocycles. The summed E-state index contributed by atoms with van der Waals surface area (Å²) in [6.45, 7) is 7.81. The van der Waals surface area contributed by atoms with Crippen molar-refractivity contribution >= 4 is 34.1 Å². The number of aromatic hydroxyl groups is 1. The van der Waals surface area contributed by atoms with Crippen LogP contribution in [0.2, 0.25) is 0 Å². The Labute approximate surface area is 202 Å². The number of thioether (sulfide) groups is 1. The van der Waals surface area contributed by atoms with Gasteiger partial charge in [0, 0.05) is 19.8 Å². The molecule has 1 amide bonds. The maximum absolute atomic E-state index is 12.9. The predicted molar refractivity (Wildman–Crippen MR) is 138 cm³/mol. The van der Waals surface area contributed by atoms with E-state index in [1.54, 1.807) is 6.07 Å². The maximum Gasteiger partial charge on any atom is 0.333 e. The van der Waals surface area contributed by atoms with Crippen molar-refractivity contribution in [2.45, 2.75) is 27.7 Å². The minimum atomic E-state index is -0.689. The van der Waals surface area contributed by atoms with E-state index in [2.05, 4.69) is 10.3 Å². The number of carbonyl (C=O) groups is 1. The normalized spacial score (nSPS) is 11.5. The molecule has 0 unspecified atom stereocenters. The van der Waals surface area contributed by atoms with Gasteiger partial charge in [-0.3, -0.25) is 18.7 Å². The number of hydrogen-bond donors (Lipinski definition) is 2. The van der Waals surface area contributed by atoms with E-state index in [-0.39, 0.29) is 22.3 Å². The Morgan fingerprint density at radius 3 is 2.32 bits per heavy atom. The molecule has 1 aromatic heterocycles. The van der Waals surface area contributed by atoms with Crippen LogP contribution in [0, 0.1) is 27.7 Å². The minimum absolute atomic E-state index is 0.0531. The largest absolute Gasteiger partial charge is 0.494 e. The average molecular weight is 481 g/mol. The van der Waals surface area contributed by atoms with E-state index in [0.29, 0.717) is 11.4 Å². The number of aryl methyl sites for hydroxylation is 4. The second-order valence-electron chi connectivity index (χ2n) is 8.25. The maximum atomic E-state index is 12.9. The fraction of sp³-hybridized carbons (Fsp3) is 0.280. The molecule has 9 heteroatoms. The lowest BCUT2D eigenvalue weighted by molar-refractivity contribution is -0.113. The number of nitrogens with one attached hydrogen (secondary N) is 1. The van der Waals surface area contributed by atoms with Crippen LogP contribution >= 0.6 is 11.8 Å². The number of aromatic nitrogens is 2. The Bertz CT molecular complexity index is 1420. The predicted octanol–water partition coefficient (Wildman–Crippen LogP) is 3.47. The van der Waals surface area contributed by atoms with Crippen molar-refractivity contribution in [3.8, 4) is 5.88 Å². The number of anilines is 1. The molecule has 0 bridgehead atoms. The molecule has 34 heavy (non-hydrogen) atoms. The van der Waals surface area contributed by atoms with Crippen LogP contribution < -0.4 is 16.6 Å². The van der Waals surface area contributed by atoms with Crippen LogP contribution in [0.4, 0.5) is 11.4 Å². The smallest absolute Gasteiger partial charge is 0.333 e. The lowest BCUT2D eigenvalue weighted by atomic mass is 10.1. The van der Waals surface area contributed by atoms with E-state index in [4.69, 9.17) is 0 Å². The molecule has 0 fully saturated rings. The van der Waals surface area contributed by atoms with Gasteiger partial charge in [0.05, 0.1) is 11.4 Å². The van der Waals surface area contributed by atoms with E-state index in [0.717, 1.165) is 43.1 Å². The zero-order valence-electron chi connectivity index (χ0n) is 20.1. The summed E-state index contributed by atoms with van der Waals surface area (Å²) < 4.78 is 1.88. The summed E-state index contributed by atoms with van der Waals surface area (Å²) in [6.07, 6.45) is 0. The summed E-state index contributed by atoms with van der Waals surface area (Å²) in [5.41, 5.74) is 3.91. The fourth-order valence-corrected chi connectivity index (χ4v) is 4.20. The summed E-state index contributed by atoms with van der Waals surface area (Å²) in [4.78, 5) is 42.4. The molecule has 3 aromatic rings. The molecule has 2 N–H and O–H groups in total. The second-order valence-corrected chi connectivity index (χ2v) is 9.21. The third-order valence-corrected chi connectivity index (χ3v) is 6.54. The first-order valence-corrected chi connectivity index (χ1v) is 11.6. The molecule has 0 radical (unpaired) electrons. The van der Waals surface area contributed by atoms with Crippen molar-refractivity contribution in [2.24, 2.45) is 19.1 Å². The fourth-order valence-electron chi connectivity index (χ4n) is 3.37. The highest BCUT2D eigenvalue weighted by molar-refractivity contribution is 8.15. The van der Waals surface area contributed by atoms with Gasteiger partial charge in [-0.05, 0) is 62.6 Å². The van der Waals surface area contributed by atoms with Crippen molar-refractivity contribution in [1.82, 2.24) is 9.13 Å². The average Bonchev–Trinajstić information content (AvgIpc) is 2.79. The van der Waals surface area contributed by atoms with Crippen molar-refractivity contribution in [3.63, 3.8) is 0 Å². The van der Waals surface area contributed by atoms with Gasteiger partial charge < -0.3 is 10.4 Å². The number of aliphatic imine (C=N–C) groups is 1. The number of hydrogen-bond acceptors (Lipinski definition) is 6. The first-order valence-electron chi connectivity index (χ1n) is 10.6. The van der Waals surface area contributed by atoms with Crippen LogP contribution in [-0.2, 0) is 18.9 Å². The molecule has 0 aliphatic rings. The topological polar surface area (TPSA) is 106 Å². The number of rotatable bonds is 5. The van der Waals surface area contributed by atoms with E-state index < -0.39 is 17.1 Å². The lowest BCUT2D eigenvalue weighted by Gasteiger charge is -2.13. The first kappa shape index (κ1) is 25.0. The first-order chi connectivity index (χ1) is 16.0. The van der Waals surface area contributed by atoms with Crippen molar-refractivity contribution in [2.75, 3.05) is 11.1 Å². The van der Waals surface area contributed by atoms with Crippen molar-refractivity contribution in [1.29, 1.82) is 0 Å². The van der Waals surface area contributed by atoms with Gasteiger partial charge in [0.25, 0.3) is 5.56 Å². The van der Waals surface area contributed by atoms with Crippen LogP contribution in [0.3, 0.4) is 0 Å². The molecule has 0 atom stereocenters. The molecule has 0 spiro atoms. The third kappa shape index (κ3) is 5.31. The zero-order valence-corrected chi connectivity index (χ0v) is 20.9. The van der Waals surface area contributed by atoms with Crippen LogP contribution in [0.5, 0.6) is 5.88 Å². The van der Waals surface area contributed by atoms with Gasteiger partial charge in [0.2, 0.25) is 11.8 Å². The third-order valence-electron chi connectivity index (χ3n) is 5.56. The summed E-state index contributed by atoms with van der Waals surface area (Å²) >= 11 is 1.02. The van der Waals surface area contributed by atoms with E-state index in [1.165, 1.54) is 14.1 Å². The highest BCUT2D eigenvalue weighted by atomic mass is 32.2. The zero-order chi connectivity index (χ0) is 25.2. The molecule has 8 nitrogen and oxygen atoms in total. The van der Waals surface area contributed by atoms with Gasteiger partial charge in [-0.15, -0.1) is 0 Å². The number of carbonyl (C=O) groups excluding carboxylic acids is 1. The number of nitrogens with zero attached hydrogens (tertiary/aromatic N) is 3. The van der Waals surface area contributed by atoms with Crippen LogP contribution in [0.25, 0.3) is 0 Å². The van der Waals surface area contributed by atoms with Gasteiger partial charge >= 0.3 is 5.69 Å². The van der Waals surface area contributed by atoms with Gasteiger partial charge in [-0.2, -0.15) is 0 Å².